The predicted octanol–water partition coefficient (Wildman–Crippen LogP) is 3.58. The summed E-state index contributed by atoms with van der Waals surface area (Å²) in [7, 11) is 0. The van der Waals surface area contributed by atoms with Gasteiger partial charge < -0.3 is 4.90 Å². The van der Waals surface area contributed by atoms with Crippen LogP contribution >= 0.6 is 43.2 Å². The molecule has 104 valence electrons. The zero-order valence-corrected chi connectivity index (χ0v) is 14.7. The number of hydrogen-bond acceptors (Lipinski definition) is 3. The van der Waals surface area contributed by atoms with Gasteiger partial charge in [0.1, 0.15) is 0 Å². The molecule has 0 aliphatic carbocycles. The van der Waals surface area contributed by atoms with Crippen molar-refractivity contribution < 1.29 is 4.79 Å². The Balaban J connectivity index is 1.79. The SMILES string of the molecule is CC1CN2CCCC2CN1C(=O)c1cc(Br)c(Br)s1. The third kappa shape index (κ3) is 2.64. The van der Waals surface area contributed by atoms with Crippen molar-refractivity contribution in [3.05, 3.63) is 19.2 Å². The largest absolute Gasteiger partial charge is 0.332 e. The molecule has 2 fully saturated rings. The molecule has 19 heavy (non-hydrogen) atoms. The Morgan fingerprint density at radius 1 is 1.42 bits per heavy atom. The van der Waals surface area contributed by atoms with Crippen LogP contribution in [-0.4, -0.2) is 47.4 Å². The lowest BCUT2D eigenvalue weighted by atomic mass is 10.1. The van der Waals surface area contributed by atoms with E-state index in [9.17, 15) is 4.79 Å². The number of piperazine rings is 1. The Bertz CT molecular complexity index is 485. The van der Waals surface area contributed by atoms with Crippen LogP contribution in [0.15, 0.2) is 14.3 Å². The van der Waals surface area contributed by atoms with E-state index in [-0.39, 0.29) is 5.91 Å². The average Bonchev–Trinajstić information content (AvgIpc) is 2.94. The first-order valence-corrected chi connectivity index (χ1v) is 8.96. The summed E-state index contributed by atoms with van der Waals surface area (Å²) in [5, 5.41) is 0. The number of amides is 1. The van der Waals surface area contributed by atoms with Crippen LogP contribution in [0, 0.1) is 0 Å². The third-order valence-corrected chi connectivity index (χ3v) is 7.30. The lowest BCUT2D eigenvalue weighted by Gasteiger charge is -2.42. The minimum Gasteiger partial charge on any atom is -0.332 e. The zero-order chi connectivity index (χ0) is 13.6. The van der Waals surface area contributed by atoms with Gasteiger partial charge in [-0.1, -0.05) is 0 Å². The van der Waals surface area contributed by atoms with Crippen molar-refractivity contribution in [2.24, 2.45) is 0 Å². The fraction of sp³-hybridized carbons (Fsp3) is 0.615. The van der Waals surface area contributed by atoms with Crippen LogP contribution in [0.5, 0.6) is 0 Å². The molecular weight excluding hydrogens is 392 g/mol. The second-order valence-electron chi connectivity index (χ2n) is 5.33. The maximum Gasteiger partial charge on any atom is 0.264 e. The van der Waals surface area contributed by atoms with E-state index in [0.29, 0.717) is 12.1 Å². The molecule has 3 heterocycles. The van der Waals surface area contributed by atoms with Crippen molar-refractivity contribution in [1.29, 1.82) is 0 Å². The number of hydrogen-bond donors (Lipinski definition) is 0. The molecule has 0 radical (unpaired) electrons. The van der Waals surface area contributed by atoms with Crippen LogP contribution in [-0.2, 0) is 0 Å². The predicted molar refractivity (Wildman–Crippen MR) is 84.8 cm³/mol. The number of fused-ring (bicyclic) bond motifs is 1. The van der Waals surface area contributed by atoms with Gasteiger partial charge in [-0.05, 0) is 64.2 Å². The quantitative estimate of drug-likeness (QED) is 0.710. The summed E-state index contributed by atoms with van der Waals surface area (Å²) in [6, 6.07) is 2.80. The Labute approximate surface area is 134 Å². The summed E-state index contributed by atoms with van der Waals surface area (Å²) in [6.45, 7) is 5.26. The van der Waals surface area contributed by atoms with Gasteiger partial charge in [0.25, 0.3) is 5.91 Å². The molecule has 2 saturated heterocycles. The highest BCUT2D eigenvalue weighted by Crippen LogP contribution is 2.34. The summed E-state index contributed by atoms with van der Waals surface area (Å²) in [4.78, 5) is 18.0. The molecule has 6 heteroatoms. The number of nitrogens with zero attached hydrogens (tertiary/aromatic N) is 2. The van der Waals surface area contributed by atoms with Crippen molar-refractivity contribution in [2.75, 3.05) is 19.6 Å². The summed E-state index contributed by atoms with van der Waals surface area (Å²) in [5.41, 5.74) is 0. The Morgan fingerprint density at radius 2 is 2.21 bits per heavy atom. The first-order chi connectivity index (χ1) is 9.06. The maximum atomic E-state index is 12.6. The Morgan fingerprint density at radius 3 is 2.89 bits per heavy atom. The number of rotatable bonds is 1. The minimum absolute atomic E-state index is 0.176. The van der Waals surface area contributed by atoms with E-state index in [1.165, 1.54) is 30.7 Å². The van der Waals surface area contributed by atoms with Gasteiger partial charge in [0.15, 0.2) is 0 Å². The van der Waals surface area contributed by atoms with E-state index in [4.69, 9.17) is 0 Å². The Kier molecular flexibility index (Phi) is 4.04. The molecule has 0 N–H and O–H groups in total. The van der Waals surface area contributed by atoms with Crippen molar-refractivity contribution in [3.8, 4) is 0 Å². The molecule has 0 spiro atoms. The van der Waals surface area contributed by atoms with E-state index >= 15 is 0 Å². The summed E-state index contributed by atoms with van der Waals surface area (Å²) in [5.74, 6) is 0.176. The van der Waals surface area contributed by atoms with Gasteiger partial charge >= 0.3 is 0 Å². The molecule has 0 bridgehead atoms. The minimum atomic E-state index is 0.176. The fourth-order valence-electron chi connectivity index (χ4n) is 3.06. The van der Waals surface area contributed by atoms with Crippen molar-refractivity contribution in [2.45, 2.75) is 31.8 Å². The van der Waals surface area contributed by atoms with Crippen molar-refractivity contribution >= 4 is 49.1 Å². The normalized spacial score (nSPS) is 27.6. The molecule has 2 aliphatic rings. The summed E-state index contributed by atoms with van der Waals surface area (Å²) < 4.78 is 1.95. The second-order valence-corrected chi connectivity index (χ2v) is 8.55. The molecule has 1 amide bonds. The van der Waals surface area contributed by atoms with E-state index in [0.717, 1.165) is 26.2 Å². The molecular formula is C13H16Br2N2OS. The molecule has 0 saturated carbocycles. The highest BCUT2D eigenvalue weighted by molar-refractivity contribution is 9.13. The average molecular weight is 408 g/mol. The number of carbonyl (C=O) groups is 1. The van der Waals surface area contributed by atoms with Crippen LogP contribution < -0.4 is 0 Å². The molecule has 1 aromatic heterocycles. The summed E-state index contributed by atoms with van der Waals surface area (Å²) in [6.07, 6.45) is 2.50. The monoisotopic (exact) mass is 406 g/mol. The van der Waals surface area contributed by atoms with E-state index in [1.54, 1.807) is 0 Å². The van der Waals surface area contributed by atoms with Crippen LogP contribution in [0.2, 0.25) is 0 Å². The van der Waals surface area contributed by atoms with Crippen molar-refractivity contribution in [3.63, 3.8) is 0 Å². The van der Waals surface area contributed by atoms with Gasteiger partial charge in [-0.3, -0.25) is 9.69 Å². The molecule has 2 atom stereocenters. The van der Waals surface area contributed by atoms with Crippen molar-refractivity contribution in [1.82, 2.24) is 9.80 Å². The van der Waals surface area contributed by atoms with Gasteiger partial charge in [0.2, 0.25) is 0 Å². The molecule has 3 rings (SSSR count). The van der Waals surface area contributed by atoms with Gasteiger partial charge in [-0.15, -0.1) is 11.3 Å². The topological polar surface area (TPSA) is 23.6 Å². The molecule has 3 nitrogen and oxygen atoms in total. The lowest BCUT2D eigenvalue weighted by Crippen LogP contribution is -2.56. The highest BCUT2D eigenvalue weighted by atomic mass is 79.9. The molecule has 0 aromatic carbocycles. The molecule has 1 aromatic rings. The standard InChI is InChI=1S/C13H16Br2N2OS/c1-8-6-16-4-2-3-9(16)7-17(8)13(18)11-5-10(14)12(15)19-11/h5,8-9H,2-4,6-7H2,1H3. The fourth-order valence-corrected chi connectivity index (χ4v) is 5.06. The van der Waals surface area contributed by atoms with E-state index in [2.05, 4.69) is 48.6 Å². The lowest BCUT2D eigenvalue weighted by molar-refractivity contribution is 0.0400. The maximum absolute atomic E-state index is 12.6. The first-order valence-electron chi connectivity index (χ1n) is 6.56. The smallest absolute Gasteiger partial charge is 0.264 e. The second kappa shape index (κ2) is 5.47. The van der Waals surface area contributed by atoms with E-state index in [1.807, 2.05) is 6.07 Å². The van der Waals surface area contributed by atoms with Crippen LogP contribution in [0.4, 0.5) is 0 Å². The van der Waals surface area contributed by atoms with Crippen LogP contribution in [0.3, 0.4) is 0 Å². The Hall–Kier alpha value is 0.0900. The molecule has 2 aliphatic heterocycles. The van der Waals surface area contributed by atoms with E-state index < -0.39 is 0 Å². The van der Waals surface area contributed by atoms with Gasteiger partial charge in [-0.2, -0.15) is 0 Å². The van der Waals surface area contributed by atoms with Gasteiger partial charge in [-0.25, -0.2) is 0 Å². The molecule has 2 unspecified atom stereocenters. The number of thiophene rings is 1. The van der Waals surface area contributed by atoms with Crippen LogP contribution in [0.1, 0.15) is 29.4 Å². The summed E-state index contributed by atoms with van der Waals surface area (Å²) >= 11 is 8.42. The van der Waals surface area contributed by atoms with Crippen LogP contribution in [0.25, 0.3) is 0 Å². The number of halogens is 2. The third-order valence-electron chi connectivity index (χ3n) is 4.05. The highest BCUT2D eigenvalue weighted by Gasteiger charge is 2.37. The first kappa shape index (κ1) is 14.0. The zero-order valence-electron chi connectivity index (χ0n) is 10.7. The van der Waals surface area contributed by atoms with Gasteiger partial charge in [0, 0.05) is 29.6 Å². The number of carbonyl (C=O) groups excluding carboxylic acids is 1. The van der Waals surface area contributed by atoms with Gasteiger partial charge in [0.05, 0.1) is 8.66 Å².